The third kappa shape index (κ3) is 3.85. The van der Waals surface area contributed by atoms with Gasteiger partial charge in [0, 0.05) is 17.3 Å². The quantitative estimate of drug-likeness (QED) is 0.393. The third-order valence-electron chi connectivity index (χ3n) is 5.20. The molecule has 0 amide bonds. The van der Waals surface area contributed by atoms with Gasteiger partial charge >= 0.3 is 5.56 Å². The topological polar surface area (TPSA) is 84.3 Å². The number of halogens is 2. The Morgan fingerprint density at radius 3 is 2.61 bits per heavy atom. The number of fused-ring (bicyclic) bond motifs is 1. The summed E-state index contributed by atoms with van der Waals surface area (Å²) < 4.78 is 16.8. The van der Waals surface area contributed by atoms with Gasteiger partial charge in [-0.05, 0) is 30.7 Å². The van der Waals surface area contributed by atoms with Crippen molar-refractivity contribution < 1.29 is 14.1 Å². The van der Waals surface area contributed by atoms with Crippen LogP contribution in [-0.2, 0) is 6.54 Å². The Morgan fingerprint density at radius 1 is 1.12 bits per heavy atom. The van der Waals surface area contributed by atoms with Gasteiger partial charge in [-0.1, -0.05) is 29.8 Å². The van der Waals surface area contributed by atoms with Gasteiger partial charge in [0.25, 0.3) is 11.5 Å². The van der Waals surface area contributed by atoms with Crippen molar-refractivity contribution in [2.24, 2.45) is 0 Å². The van der Waals surface area contributed by atoms with E-state index in [1.807, 2.05) is 13.0 Å². The van der Waals surface area contributed by atoms with Crippen LogP contribution in [0.5, 0.6) is 5.88 Å². The average Bonchev–Trinajstić information content (AvgIpc) is 3.22. The van der Waals surface area contributed by atoms with Crippen molar-refractivity contribution in [2.75, 3.05) is 0 Å². The monoisotopic (exact) mass is 480 g/mol. The molecular weight excluding hydrogens is 465 g/mol. The van der Waals surface area contributed by atoms with Crippen molar-refractivity contribution in [2.45, 2.75) is 13.5 Å². The van der Waals surface area contributed by atoms with Crippen molar-refractivity contribution in [1.29, 1.82) is 0 Å². The van der Waals surface area contributed by atoms with Gasteiger partial charge < -0.3 is 5.11 Å². The Labute approximate surface area is 196 Å². The molecule has 1 N–H and O–H groups in total. The summed E-state index contributed by atoms with van der Waals surface area (Å²) in [4.78, 5) is 26.4. The second-order valence-electron chi connectivity index (χ2n) is 7.36. The Kier molecular flexibility index (Phi) is 5.35. The van der Waals surface area contributed by atoms with Gasteiger partial charge in [0.05, 0.1) is 23.5 Å². The number of rotatable bonds is 4. The predicted octanol–water partition coefficient (Wildman–Crippen LogP) is 4.02. The number of thiazole rings is 1. The average molecular weight is 481 g/mol. The number of aromatic hydroxyl groups is 1. The number of hydrogen-bond acceptors (Lipinski definition) is 6. The number of hydrogen-bond donors (Lipinski definition) is 1. The zero-order valence-electron chi connectivity index (χ0n) is 17.2. The molecule has 0 fully saturated rings. The fourth-order valence-corrected chi connectivity index (χ4v) is 4.72. The van der Waals surface area contributed by atoms with Crippen LogP contribution in [0.1, 0.15) is 10.4 Å². The highest BCUT2D eigenvalue weighted by atomic mass is 35.5. The lowest BCUT2D eigenvalue weighted by Gasteiger charge is -2.11. The summed E-state index contributed by atoms with van der Waals surface area (Å²) in [5.74, 6) is -0.419. The summed E-state index contributed by atoms with van der Waals surface area (Å²) in [5, 5.41) is 11.3. The Bertz CT molecular complexity index is 1570. The molecule has 0 aliphatic heterocycles. The van der Waals surface area contributed by atoms with Crippen LogP contribution in [0.3, 0.4) is 0 Å². The SMILES string of the molecule is Cc1cccn2c(=O)c(-c3cccc(-c4ncc(F)cn4)c3)c(O)[n+](Cc3cnc(Cl)s3)c12. The molecule has 4 aromatic heterocycles. The van der Waals surface area contributed by atoms with E-state index in [4.69, 9.17) is 11.6 Å². The minimum Gasteiger partial charge on any atom is -0.477 e. The lowest BCUT2D eigenvalue weighted by Crippen LogP contribution is -2.41. The van der Waals surface area contributed by atoms with Crippen molar-refractivity contribution in [3.05, 3.63) is 92.3 Å². The Morgan fingerprint density at radius 2 is 1.88 bits per heavy atom. The van der Waals surface area contributed by atoms with Gasteiger partial charge in [0.2, 0.25) is 0 Å². The maximum absolute atomic E-state index is 13.5. The molecule has 1 aromatic carbocycles. The molecule has 0 spiro atoms. The molecule has 10 heteroatoms. The zero-order chi connectivity index (χ0) is 23.1. The first-order chi connectivity index (χ1) is 15.9. The van der Waals surface area contributed by atoms with Crippen LogP contribution in [0, 0.1) is 12.7 Å². The Balaban J connectivity index is 1.75. The largest absolute Gasteiger partial charge is 0.477 e. The van der Waals surface area contributed by atoms with Gasteiger partial charge in [-0.15, -0.1) is 11.3 Å². The fraction of sp³-hybridized carbons (Fsp3) is 0.0870. The van der Waals surface area contributed by atoms with E-state index in [0.717, 1.165) is 22.8 Å². The molecule has 0 aliphatic rings. The molecular formula is C23H16ClFN5O2S+. The first kappa shape index (κ1) is 21.2. The third-order valence-corrected chi connectivity index (χ3v) is 6.30. The summed E-state index contributed by atoms with van der Waals surface area (Å²) >= 11 is 7.30. The second kappa shape index (κ2) is 8.34. The first-order valence-electron chi connectivity index (χ1n) is 9.87. The minimum atomic E-state index is -0.542. The molecule has 0 saturated carbocycles. The molecule has 5 rings (SSSR count). The maximum Gasteiger partial charge on any atom is 0.354 e. The summed E-state index contributed by atoms with van der Waals surface area (Å²) in [6, 6.07) is 10.6. The number of pyridine rings is 1. The zero-order valence-corrected chi connectivity index (χ0v) is 18.8. The van der Waals surface area contributed by atoms with Crippen LogP contribution in [0.4, 0.5) is 4.39 Å². The van der Waals surface area contributed by atoms with Crippen molar-refractivity contribution in [3.8, 4) is 28.4 Å². The molecule has 0 aliphatic carbocycles. The lowest BCUT2D eigenvalue weighted by molar-refractivity contribution is -0.671. The molecule has 0 unspecified atom stereocenters. The van der Waals surface area contributed by atoms with E-state index >= 15 is 0 Å². The number of aryl methyl sites for hydroxylation is 1. The van der Waals surface area contributed by atoms with Crippen LogP contribution in [0.25, 0.3) is 28.2 Å². The highest BCUT2D eigenvalue weighted by Gasteiger charge is 2.27. The maximum atomic E-state index is 13.5. The van der Waals surface area contributed by atoms with Crippen molar-refractivity contribution >= 4 is 28.6 Å². The van der Waals surface area contributed by atoms with E-state index < -0.39 is 5.82 Å². The molecule has 0 bridgehead atoms. The fourth-order valence-electron chi connectivity index (χ4n) is 3.76. The molecule has 0 atom stereocenters. The molecule has 0 saturated heterocycles. The molecule has 33 heavy (non-hydrogen) atoms. The predicted molar refractivity (Wildman–Crippen MR) is 123 cm³/mol. The van der Waals surface area contributed by atoms with Gasteiger partial charge in [-0.25, -0.2) is 24.1 Å². The van der Waals surface area contributed by atoms with E-state index in [9.17, 15) is 14.3 Å². The normalized spacial score (nSPS) is 11.2. The summed E-state index contributed by atoms with van der Waals surface area (Å²) in [7, 11) is 0. The summed E-state index contributed by atoms with van der Waals surface area (Å²) in [6.07, 6.45) is 5.46. The number of nitrogens with zero attached hydrogens (tertiary/aromatic N) is 5. The van der Waals surface area contributed by atoms with Crippen LogP contribution in [0.2, 0.25) is 4.47 Å². The van der Waals surface area contributed by atoms with Crippen LogP contribution in [0.15, 0.2) is 66.0 Å². The van der Waals surface area contributed by atoms with E-state index in [1.54, 1.807) is 47.3 Å². The Hall–Kier alpha value is -3.69. The number of benzene rings is 1. The highest BCUT2D eigenvalue weighted by Crippen LogP contribution is 2.28. The van der Waals surface area contributed by atoms with Gasteiger partial charge in [0.15, 0.2) is 21.7 Å². The second-order valence-corrected chi connectivity index (χ2v) is 9.06. The van der Waals surface area contributed by atoms with Crippen LogP contribution in [-0.4, -0.2) is 24.5 Å². The lowest BCUT2D eigenvalue weighted by atomic mass is 10.0. The van der Waals surface area contributed by atoms with E-state index in [1.165, 1.54) is 15.7 Å². The van der Waals surface area contributed by atoms with Crippen molar-refractivity contribution in [3.63, 3.8) is 0 Å². The van der Waals surface area contributed by atoms with Gasteiger partial charge in [0.1, 0.15) is 6.54 Å². The molecule has 4 heterocycles. The smallest absolute Gasteiger partial charge is 0.354 e. The molecule has 164 valence electrons. The summed E-state index contributed by atoms with van der Waals surface area (Å²) in [5.41, 5.74) is 2.20. The number of aromatic nitrogens is 5. The first-order valence-corrected chi connectivity index (χ1v) is 11.1. The van der Waals surface area contributed by atoms with Gasteiger partial charge in [-0.2, -0.15) is 8.97 Å². The van der Waals surface area contributed by atoms with Crippen LogP contribution >= 0.6 is 22.9 Å². The highest BCUT2D eigenvalue weighted by molar-refractivity contribution is 7.15. The molecule has 7 nitrogen and oxygen atoms in total. The minimum absolute atomic E-state index is 0.123. The molecule has 0 radical (unpaired) electrons. The van der Waals surface area contributed by atoms with E-state index in [2.05, 4.69) is 15.0 Å². The van der Waals surface area contributed by atoms with Crippen molar-refractivity contribution in [1.82, 2.24) is 19.4 Å². The van der Waals surface area contributed by atoms with E-state index in [0.29, 0.717) is 27.1 Å². The summed E-state index contributed by atoms with van der Waals surface area (Å²) in [6.45, 7) is 2.15. The molecule has 5 aromatic rings. The standard InChI is InChI=1S/C23H15ClFN5O2S/c1-13-4-3-7-29-20(13)30(12-17-11-28-23(24)33-17)22(32)18(21(29)31)14-5-2-6-15(8-14)19-26-9-16(25)10-27-19/h2-11H,12H2,1H3/p+1. The van der Waals surface area contributed by atoms with E-state index in [-0.39, 0.29) is 23.5 Å². The van der Waals surface area contributed by atoms with Crippen LogP contribution < -0.4 is 10.1 Å². The van der Waals surface area contributed by atoms with Gasteiger partial charge in [-0.3, -0.25) is 0 Å².